The van der Waals surface area contributed by atoms with Crippen LogP contribution in [-0.4, -0.2) is 14.2 Å². The Morgan fingerprint density at radius 2 is 1.22 bits per heavy atom. The largest absolute Gasteiger partial charge is 0.496 e. The van der Waals surface area contributed by atoms with E-state index in [0.717, 1.165) is 22.6 Å². The van der Waals surface area contributed by atoms with Gasteiger partial charge in [0.2, 0.25) is 0 Å². The number of rotatable bonds is 3. The molecule has 0 fully saturated rings. The Labute approximate surface area is 110 Å². The topological polar surface area (TPSA) is 44.5 Å². The number of benzene rings is 1. The quantitative estimate of drug-likeness (QED) is 0.897. The molecule has 0 saturated carbocycles. The van der Waals surface area contributed by atoms with E-state index in [0.29, 0.717) is 0 Å². The molecule has 0 aliphatic heterocycles. The molecule has 0 radical (unpaired) electrons. The van der Waals surface area contributed by atoms with Crippen molar-refractivity contribution < 1.29 is 9.47 Å². The Morgan fingerprint density at radius 1 is 0.833 bits per heavy atom. The third-order valence-corrected chi connectivity index (χ3v) is 3.02. The van der Waals surface area contributed by atoms with Crippen molar-refractivity contribution in [2.24, 2.45) is 5.73 Å². The molecule has 2 N–H and O–H groups in total. The normalized spacial score (nSPS) is 12.4. The van der Waals surface area contributed by atoms with Crippen molar-refractivity contribution in [2.75, 3.05) is 14.2 Å². The van der Waals surface area contributed by atoms with E-state index >= 15 is 0 Å². The molecule has 0 aliphatic rings. The summed E-state index contributed by atoms with van der Waals surface area (Å²) in [7, 11) is 3.35. The molecule has 102 valence electrons. The van der Waals surface area contributed by atoms with Crippen LogP contribution in [0.1, 0.15) is 45.7 Å². The van der Waals surface area contributed by atoms with Gasteiger partial charge >= 0.3 is 0 Å². The lowest BCUT2D eigenvalue weighted by atomic mass is 9.83. The molecule has 0 atom stereocenters. The predicted octanol–water partition coefficient (Wildman–Crippen LogP) is 3.20. The van der Waals surface area contributed by atoms with Crippen LogP contribution in [-0.2, 0) is 11.0 Å². The highest BCUT2D eigenvalue weighted by molar-refractivity contribution is 5.51. The van der Waals surface area contributed by atoms with Gasteiger partial charge in [-0.3, -0.25) is 0 Å². The van der Waals surface area contributed by atoms with E-state index in [-0.39, 0.29) is 5.41 Å². The average Bonchev–Trinajstić information content (AvgIpc) is 2.24. The van der Waals surface area contributed by atoms with Gasteiger partial charge in [0.15, 0.2) is 0 Å². The number of hydrogen-bond donors (Lipinski definition) is 1. The van der Waals surface area contributed by atoms with Crippen molar-refractivity contribution in [3.8, 4) is 11.5 Å². The summed E-state index contributed by atoms with van der Waals surface area (Å²) in [4.78, 5) is 0. The van der Waals surface area contributed by atoms with Crippen molar-refractivity contribution >= 4 is 0 Å². The fraction of sp³-hybridized carbons (Fsp3) is 0.600. The molecule has 0 aliphatic carbocycles. The summed E-state index contributed by atoms with van der Waals surface area (Å²) >= 11 is 0. The third kappa shape index (κ3) is 2.96. The van der Waals surface area contributed by atoms with E-state index < -0.39 is 5.54 Å². The molecule has 1 aromatic rings. The van der Waals surface area contributed by atoms with Crippen LogP contribution in [0.15, 0.2) is 12.1 Å². The summed E-state index contributed by atoms with van der Waals surface area (Å²) in [6.45, 7) is 10.4. The summed E-state index contributed by atoms with van der Waals surface area (Å²) in [5.41, 5.74) is 7.79. The van der Waals surface area contributed by atoms with Gasteiger partial charge in [-0.2, -0.15) is 0 Å². The van der Waals surface area contributed by atoms with Gasteiger partial charge in [-0.1, -0.05) is 20.8 Å². The molecule has 0 aromatic heterocycles. The summed E-state index contributed by atoms with van der Waals surface area (Å²) in [6.07, 6.45) is 0. The van der Waals surface area contributed by atoms with Crippen LogP contribution in [0, 0.1) is 0 Å². The first kappa shape index (κ1) is 14.8. The molecule has 0 heterocycles. The second-order valence-electron chi connectivity index (χ2n) is 6.22. The third-order valence-electron chi connectivity index (χ3n) is 3.02. The zero-order valence-corrected chi connectivity index (χ0v) is 12.5. The lowest BCUT2D eigenvalue weighted by Crippen LogP contribution is -2.29. The van der Waals surface area contributed by atoms with Gasteiger partial charge in [0.05, 0.1) is 14.2 Å². The monoisotopic (exact) mass is 251 g/mol. The molecule has 1 rings (SSSR count). The molecule has 0 bridgehead atoms. The van der Waals surface area contributed by atoms with Crippen molar-refractivity contribution in [3.63, 3.8) is 0 Å². The predicted molar refractivity (Wildman–Crippen MR) is 75.5 cm³/mol. The fourth-order valence-electron chi connectivity index (χ4n) is 1.99. The SMILES string of the molecule is COc1cc(C(C)(C)N)c(OC)cc1C(C)(C)C. The summed E-state index contributed by atoms with van der Waals surface area (Å²) in [5, 5.41) is 0. The first-order valence-corrected chi connectivity index (χ1v) is 6.17. The van der Waals surface area contributed by atoms with Gasteiger partial charge in [0, 0.05) is 16.7 Å². The van der Waals surface area contributed by atoms with Gasteiger partial charge in [0.1, 0.15) is 11.5 Å². The molecular formula is C15H25NO2. The van der Waals surface area contributed by atoms with Crippen LogP contribution in [0.25, 0.3) is 0 Å². The van der Waals surface area contributed by atoms with Crippen LogP contribution in [0.3, 0.4) is 0 Å². The Morgan fingerprint density at radius 3 is 1.56 bits per heavy atom. The minimum Gasteiger partial charge on any atom is -0.496 e. The lowest BCUT2D eigenvalue weighted by molar-refractivity contribution is 0.374. The van der Waals surface area contributed by atoms with Crippen LogP contribution in [0.5, 0.6) is 11.5 Å². The first-order chi connectivity index (χ1) is 8.11. The average molecular weight is 251 g/mol. The number of nitrogens with two attached hydrogens (primary N) is 1. The second kappa shape index (κ2) is 4.81. The molecule has 0 unspecified atom stereocenters. The second-order valence-corrected chi connectivity index (χ2v) is 6.22. The number of methoxy groups -OCH3 is 2. The van der Waals surface area contributed by atoms with E-state index in [9.17, 15) is 0 Å². The molecule has 18 heavy (non-hydrogen) atoms. The van der Waals surface area contributed by atoms with E-state index in [1.54, 1.807) is 14.2 Å². The Hall–Kier alpha value is -1.22. The van der Waals surface area contributed by atoms with Crippen LogP contribution < -0.4 is 15.2 Å². The molecule has 3 heteroatoms. The van der Waals surface area contributed by atoms with E-state index in [1.165, 1.54) is 0 Å². The smallest absolute Gasteiger partial charge is 0.124 e. The highest BCUT2D eigenvalue weighted by atomic mass is 16.5. The van der Waals surface area contributed by atoms with Gasteiger partial charge in [-0.25, -0.2) is 0 Å². The molecule has 3 nitrogen and oxygen atoms in total. The fourth-order valence-corrected chi connectivity index (χ4v) is 1.99. The molecule has 1 aromatic carbocycles. The highest BCUT2D eigenvalue weighted by Gasteiger charge is 2.26. The molecular weight excluding hydrogens is 226 g/mol. The zero-order valence-electron chi connectivity index (χ0n) is 12.5. The summed E-state index contributed by atoms with van der Waals surface area (Å²) in [6, 6.07) is 4.02. The minimum absolute atomic E-state index is 0.00407. The van der Waals surface area contributed by atoms with Crippen LogP contribution >= 0.6 is 0 Å². The summed E-state index contributed by atoms with van der Waals surface area (Å²) in [5.74, 6) is 1.67. The standard InChI is InChI=1S/C15H25NO2/c1-14(2,3)10-8-13(18-7)11(15(4,5)16)9-12(10)17-6/h8-9H,16H2,1-7H3. The molecule has 0 saturated heterocycles. The maximum atomic E-state index is 6.18. The van der Waals surface area contributed by atoms with Gasteiger partial charge < -0.3 is 15.2 Å². The molecule has 0 amide bonds. The Kier molecular flexibility index (Phi) is 3.96. The minimum atomic E-state index is -0.463. The van der Waals surface area contributed by atoms with Crippen molar-refractivity contribution in [3.05, 3.63) is 23.3 Å². The molecule has 0 spiro atoms. The van der Waals surface area contributed by atoms with Crippen LogP contribution in [0.4, 0.5) is 0 Å². The zero-order chi connectivity index (χ0) is 14.1. The maximum Gasteiger partial charge on any atom is 0.124 e. The first-order valence-electron chi connectivity index (χ1n) is 6.17. The maximum absolute atomic E-state index is 6.18. The number of hydrogen-bond acceptors (Lipinski definition) is 3. The highest BCUT2D eigenvalue weighted by Crippen LogP contribution is 2.39. The van der Waals surface area contributed by atoms with Crippen molar-refractivity contribution in [1.82, 2.24) is 0 Å². The Balaban J connectivity index is 3.52. The Bertz CT molecular complexity index is 384. The lowest BCUT2D eigenvalue weighted by Gasteiger charge is -2.28. The van der Waals surface area contributed by atoms with Gasteiger partial charge in [0.25, 0.3) is 0 Å². The van der Waals surface area contributed by atoms with Gasteiger partial charge in [-0.05, 0) is 31.4 Å². The summed E-state index contributed by atoms with van der Waals surface area (Å²) < 4.78 is 11.0. The van der Waals surface area contributed by atoms with Crippen molar-refractivity contribution in [1.29, 1.82) is 0 Å². The van der Waals surface area contributed by atoms with E-state index in [2.05, 4.69) is 20.8 Å². The van der Waals surface area contributed by atoms with E-state index in [1.807, 2.05) is 26.0 Å². The van der Waals surface area contributed by atoms with Gasteiger partial charge in [-0.15, -0.1) is 0 Å². The number of ether oxygens (including phenoxy) is 2. The van der Waals surface area contributed by atoms with Crippen molar-refractivity contribution in [2.45, 2.75) is 45.6 Å². The van der Waals surface area contributed by atoms with E-state index in [4.69, 9.17) is 15.2 Å². The van der Waals surface area contributed by atoms with Crippen LogP contribution in [0.2, 0.25) is 0 Å².